The van der Waals surface area contributed by atoms with Crippen LogP contribution in [0.5, 0.6) is 0 Å². The lowest BCUT2D eigenvalue weighted by atomic mass is 10.0. The van der Waals surface area contributed by atoms with Crippen molar-refractivity contribution in [1.82, 2.24) is 10.2 Å². The standard InChI is InChI=1S/C17H26N2O/c1-5-19(6-2)17(20)13(4)18-16-10-9-14-8-7-12(3)11-15(14)16/h7-8,11,13,16,18H,5-6,9-10H2,1-4H3. The summed E-state index contributed by atoms with van der Waals surface area (Å²) in [6, 6.07) is 6.86. The Kier molecular flexibility index (Phi) is 4.81. The molecule has 2 atom stereocenters. The Balaban J connectivity index is 2.05. The molecular weight excluding hydrogens is 248 g/mol. The zero-order valence-corrected chi connectivity index (χ0v) is 13.1. The van der Waals surface area contributed by atoms with Gasteiger partial charge in [0.15, 0.2) is 0 Å². The fourth-order valence-electron chi connectivity index (χ4n) is 3.08. The maximum Gasteiger partial charge on any atom is 0.239 e. The number of benzene rings is 1. The Morgan fingerprint density at radius 2 is 2.10 bits per heavy atom. The highest BCUT2D eigenvalue weighted by atomic mass is 16.2. The zero-order valence-electron chi connectivity index (χ0n) is 13.1. The summed E-state index contributed by atoms with van der Waals surface area (Å²) in [5.74, 6) is 0.205. The third kappa shape index (κ3) is 3.04. The fraction of sp³-hybridized carbons (Fsp3) is 0.588. The number of nitrogens with one attached hydrogen (secondary N) is 1. The molecule has 1 aliphatic carbocycles. The van der Waals surface area contributed by atoms with E-state index in [1.807, 2.05) is 25.7 Å². The van der Waals surface area contributed by atoms with Crippen molar-refractivity contribution in [2.24, 2.45) is 0 Å². The summed E-state index contributed by atoms with van der Waals surface area (Å²) >= 11 is 0. The monoisotopic (exact) mass is 274 g/mol. The number of likely N-dealkylation sites (N-methyl/N-ethyl adjacent to an activating group) is 1. The first-order valence-corrected chi connectivity index (χ1v) is 7.71. The minimum absolute atomic E-state index is 0.119. The van der Waals surface area contributed by atoms with Crippen LogP contribution < -0.4 is 5.32 Å². The van der Waals surface area contributed by atoms with Crippen LogP contribution in [0.1, 0.15) is 49.9 Å². The van der Waals surface area contributed by atoms with Crippen LogP contribution >= 0.6 is 0 Å². The van der Waals surface area contributed by atoms with Crippen LogP contribution in [0, 0.1) is 6.92 Å². The molecule has 2 rings (SSSR count). The second-order valence-electron chi connectivity index (χ2n) is 5.69. The van der Waals surface area contributed by atoms with Crippen molar-refractivity contribution in [2.75, 3.05) is 13.1 Å². The Morgan fingerprint density at radius 1 is 1.40 bits per heavy atom. The van der Waals surface area contributed by atoms with Crippen molar-refractivity contribution >= 4 is 5.91 Å². The molecule has 3 nitrogen and oxygen atoms in total. The number of hydrogen-bond acceptors (Lipinski definition) is 2. The van der Waals surface area contributed by atoms with Crippen molar-refractivity contribution in [2.45, 2.75) is 52.6 Å². The first-order chi connectivity index (χ1) is 9.56. The average molecular weight is 274 g/mol. The fourth-order valence-corrected chi connectivity index (χ4v) is 3.08. The van der Waals surface area contributed by atoms with Crippen molar-refractivity contribution in [3.05, 3.63) is 34.9 Å². The third-order valence-electron chi connectivity index (χ3n) is 4.28. The lowest BCUT2D eigenvalue weighted by Gasteiger charge is -2.26. The van der Waals surface area contributed by atoms with Gasteiger partial charge >= 0.3 is 0 Å². The second kappa shape index (κ2) is 6.40. The summed E-state index contributed by atoms with van der Waals surface area (Å²) in [5.41, 5.74) is 4.10. The molecule has 0 aliphatic heterocycles. The van der Waals surface area contributed by atoms with Crippen molar-refractivity contribution < 1.29 is 4.79 Å². The molecule has 0 aromatic heterocycles. The Hall–Kier alpha value is -1.35. The summed E-state index contributed by atoms with van der Waals surface area (Å²) in [6.07, 6.45) is 2.20. The molecule has 1 aliphatic rings. The van der Waals surface area contributed by atoms with Gasteiger partial charge in [-0.15, -0.1) is 0 Å². The van der Waals surface area contributed by atoms with Gasteiger partial charge in [0, 0.05) is 19.1 Å². The Labute approximate surface area is 122 Å². The predicted octanol–water partition coefficient (Wildman–Crippen LogP) is 2.83. The molecule has 1 aromatic carbocycles. The molecule has 0 bridgehead atoms. The van der Waals surface area contributed by atoms with Gasteiger partial charge in [-0.2, -0.15) is 0 Å². The highest BCUT2D eigenvalue weighted by molar-refractivity contribution is 5.81. The SMILES string of the molecule is CCN(CC)C(=O)C(C)NC1CCc2ccc(C)cc21. The minimum Gasteiger partial charge on any atom is -0.342 e. The molecule has 0 heterocycles. The van der Waals surface area contributed by atoms with E-state index in [1.165, 1.54) is 16.7 Å². The van der Waals surface area contributed by atoms with Crippen LogP contribution in [0.2, 0.25) is 0 Å². The zero-order chi connectivity index (χ0) is 14.7. The van der Waals surface area contributed by atoms with E-state index in [9.17, 15) is 4.79 Å². The molecule has 20 heavy (non-hydrogen) atoms. The summed E-state index contributed by atoms with van der Waals surface area (Å²) < 4.78 is 0. The van der Waals surface area contributed by atoms with Gasteiger partial charge in [-0.1, -0.05) is 23.8 Å². The highest BCUT2D eigenvalue weighted by Gasteiger charge is 2.26. The van der Waals surface area contributed by atoms with Crippen LogP contribution in [0.15, 0.2) is 18.2 Å². The average Bonchev–Trinajstić information content (AvgIpc) is 2.82. The van der Waals surface area contributed by atoms with Gasteiger partial charge in [0.05, 0.1) is 6.04 Å². The van der Waals surface area contributed by atoms with E-state index < -0.39 is 0 Å². The van der Waals surface area contributed by atoms with Gasteiger partial charge in [0.2, 0.25) is 5.91 Å². The normalized spacial score (nSPS) is 18.7. The van der Waals surface area contributed by atoms with E-state index in [0.29, 0.717) is 6.04 Å². The Bertz CT molecular complexity index is 480. The number of aryl methyl sites for hydroxylation is 2. The smallest absolute Gasteiger partial charge is 0.239 e. The van der Waals surface area contributed by atoms with Gasteiger partial charge in [-0.05, 0) is 51.7 Å². The van der Waals surface area contributed by atoms with Gasteiger partial charge < -0.3 is 4.90 Å². The van der Waals surface area contributed by atoms with Crippen LogP contribution in [0.4, 0.5) is 0 Å². The van der Waals surface area contributed by atoms with Crippen LogP contribution in [-0.2, 0) is 11.2 Å². The molecule has 0 spiro atoms. The lowest BCUT2D eigenvalue weighted by Crippen LogP contribution is -2.45. The number of fused-ring (bicyclic) bond motifs is 1. The summed E-state index contributed by atoms with van der Waals surface area (Å²) in [6.45, 7) is 9.72. The van der Waals surface area contributed by atoms with E-state index in [0.717, 1.165) is 25.9 Å². The molecule has 0 saturated carbocycles. The quantitative estimate of drug-likeness (QED) is 0.895. The van der Waals surface area contributed by atoms with E-state index in [4.69, 9.17) is 0 Å². The van der Waals surface area contributed by atoms with E-state index in [1.54, 1.807) is 0 Å². The topological polar surface area (TPSA) is 32.3 Å². The first kappa shape index (κ1) is 15.0. The number of carbonyl (C=O) groups is 1. The molecule has 0 fully saturated rings. The minimum atomic E-state index is -0.119. The summed E-state index contributed by atoms with van der Waals surface area (Å²) in [5, 5.41) is 3.52. The maximum absolute atomic E-state index is 12.3. The number of hydrogen-bond donors (Lipinski definition) is 1. The predicted molar refractivity (Wildman–Crippen MR) is 82.8 cm³/mol. The van der Waals surface area contributed by atoms with Crippen LogP contribution in [0.25, 0.3) is 0 Å². The number of nitrogens with zero attached hydrogens (tertiary/aromatic N) is 1. The van der Waals surface area contributed by atoms with Gasteiger partial charge in [-0.25, -0.2) is 0 Å². The number of amides is 1. The first-order valence-electron chi connectivity index (χ1n) is 7.71. The summed E-state index contributed by atoms with van der Waals surface area (Å²) in [7, 11) is 0. The van der Waals surface area contributed by atoms with Crippen molar-refractivity contribution in [1.29, 1.82) is 0 Å². The molecule has 1 N–H and O–H groups in total. The second-order valence-corrected chi connectivity index (χ2v) is 5.69. The molecule has 1 amide bonds. The molecule has 2 unspecified atom stereocenters. The Morgan fingerprint density at radius 3 is 2.75 bits per heavy atom. The molecule has 3 heteroatoms. The molecule has 0 saturated heterocycles. The van der Waals surface area contributed by atoms with Crippen LogP contribution in [-0.4, -0.2) is 29.9 Å². The summed E-state index contributed by atoms with van der Waals surface area (Å²) in [4.78, 5) is 14.2. The van der Waals surface area contributed by atoms with Crippen molar-refractivity contribution in [3.8, 4) is 0 Å². The molecule has 1 aromatic rings. The van der Waals surface area contributed by atoms with E-state index in [2.05, 4.69) is 30.4 Å². The molecular formula is C17H26N2O. The number of carbonyl (C=O) groups excluding carboxylic acids is 1. The van der Waals surface area contributed by atoms with E-state index >= 15 is 0 Å². The molecule has 110 valence electrons. The van der Waals surface area contributed by atoms with Crippen molar-refractivity contribution in [3.63, 3.8) is 0 Å². The largest absolute Gasteiger partial charge is 0.342 e. The van der Waals surface area contributed by atoms with Crippen LogP contribution in [0.3, 0.4) is 0 Å². The maximum atomic E-state index is 12.3. The number of rotatable bonds is 5. The highest BCUT2D eigenvalue weighted by Crippen LogP contribution is 2.32. The molecule has 0 radical (unpaired) electrons. The van der Waals surface area contributed by atoms with Gasteiger partial charge in [0.1, 0.15) is 0 Å². The third-order valence-corrected chi connectivity index (χ3v) is 4.28. The lowest BCUT2D eigenvalue weighted by molar-refractivity contribution is -0.132. The van der Waals surface area contributed by atoms with Gasteiger partial charge in [-0.3, -0.25) is 10.1 Å². The van der Waals surface area contributed by atoms with E-state index in [-0.39, 0.29) is 11.9 Å². The van der Waals surface area contributed by atoms with Gasteiger partial charge in [0.25, 0.3) is 0 Å².